The molecule has 5 rings (SSSR count). The van der Waals surface area contributed by atoms with E-state index in [4.69, 9.17) is 0 Å². The summed E-state index contributed by atoms with van der Waals surface area (Å²) in [5.74, 6) is 2.35. The van der Waals surface area contributed by atoms with Crippen molar-refractivity contribution >= 4 is 5.78 Å². The summed E-state index contributed by atoms with van der Waals surface area (Å²) < 4.78 is 0. The van der Waals surface area contributed by atoms with Crippen LogP contribution in [0.3, 0.4) is 0 Å². The molecule has 1 spiro atoms. The van der Waals surface area contributed by atoms with Gasteiger partial charge in [-0.05, 0) is 46.0 Å². The molecule has 4 bridgehead atoms. The Labute approximate surface area is 116 Å². The normalized spacial score (nSPS) is 41.2. The van der Waals surface area contributed by atoms with E-state index >= 15 is 0 Å². The topological polar surface area (TPSA) is 17.1 Å². The van der Waals surface area contributed by atoms with Crippen molar-refractivity contribution in [2.75, 3.05) is 0 Å². The molecular formula is C18H24O. The van der Waals surface area contributed by atoms with Gasteiger partial charge >= 0.3 is 0 Å². The molecule has 0 unspecified atom stereocenters. The second kappa shape index (κ2) is 3.42. The maximum Gasteiger partial charge on any atom is 0.145 e. The number of carbonyl (C=O) groups excluding carboxylic acids is 1. The summed E-state index contributed by atoms with van der Waals surface area (Å²) in [6.07, 6.45) is 5.32. The van der Waals surface area contributed by atoms with Crippen LogP contribution < -0.4 is 0 Å². The second-order valence-electron chi connectivity index (χ2n) is 7.66. The first-order chi connectivity index (χ1) is 9.00. The predicted molar refractivity (Wildman–Crippen MR) is 76.6 cm³/mol. The van der Waals surface area contributed by atoms with Crippen LogP contribution >= 0.6 is 0 Å². The first-order valence-corrected chi connectivity index (χ1v) is 7.89. The number of allylic oxidation sites excluding steroid dienone is 4. The van der Waals surface area contributed by atoms with Gasteiger partial charge in [-0.2, -0.15) is 0 Å². The van der Waals surface area contributed by atoms with Gasteiger partial charge in [0, 0.05) is 23.7 Å². The third-order valence-electron chi connectivity index (χ3n) is 6.55. The van der Waals surface area contributed by atoms with Gasteiger partial charge in [-0.15, -0.1) is 0 Å². The molecular weight excluding hydrogens is 232 g/mol. The highest BCUT2D eigenvalue weighted by Crippen LogP contribution is 2.78. The summed E-state index contributed by atoms with van der Waals surface area (Å²) in [7, 11) is 0. The van der Waals surface area contributed by atoms with Crippen LogP contribution in [0.25, 0.3) is 0 Å². The van der Waals surface area contributed by atoms with E-state index in [1.807, 2.05) is 0 Å². The lowest BCUT2D eigenvalue weighted by molar-refractivity contribution is -0.123. The molecule has 1 nitrogen and oxygen atoms in total. The Balaban J connectivity index is 1.97. The van der Waals surface area contributed by atoms with Crippen LogP contribution in [0.1, 0.15) is 53.4 Å². The molecule has 5 aliphatic rings. The van der Waals surface area contributed by atoms with Crippen molar-refractivity contribution in [3.63, 3.8) is 0 Å². The Hall–Kier alpha value is -0.850. The van der Waals surface area contributed by atoms with Crippen LogP contribution in [0.4, 0.5) is 0 Å². The Morgan fingerprint density at radius 1 is 0.895 bits per heavy atom. The molecule has 0 aliphatic heterocycles. The summed E-state index contributed by atoms with van der Waals surface area (Å²) in [5, 5.41) is 0. The van der Waals surface area contributed by atoms with Gasteiger partial charge in [0.15, 0.2) is 0 Å². The monoisotopic (exact) mass is 256 g/mol. The van der Waals surface area contributed by atoms with E-state index in [0.717, 1.165) is 0 Å². The Kier molecular flexibility index (Phi) is 2.15. The van der Waals surface area contributed by atoms with Crippen molar-refractivity contribution in [1.82, 2.24) is 0 Å². The average Bonchev–Trinajstić information content (AvgIpc) is 3.04. The number of hydrogen-bond donors (Lipinski definition) is 0. The number of Topliss-reactive ketones (excluding diaryl/α,β-unsaturated/α-hetero) is 1. The zero-order chi connectivity index (χ0) is 13.5. The Bertz CT molecular complexity index is 534. The summed E-state index contributed by atoms with van der Waals surface area (Å²) in [6, 6.07) is 0. The minimum atomic E-state index is 0.281. The molecule has 0 N–H and O–H groups in total. The van der Waals surface area contributed by atoms with E-state index in [9.17, 15) is 4.79 Å². The first kappa shape index (κ1) is 11.9. The van der Waals surface area contributed by atoms with Crippen LogP contribution in [0.5, 0.6) is 0 Å². The summed E-state index contributed by atoms with van der Waals surface area (Å²) in [5.41, 5.74) is 6.50. The summed E-state index contributed by atoms with van der Waals surface area (Å²) in [6.45, 7) is 8.95. The van der Waals surface area contributed by atoms with Crippen LogP contribution in [0.15, 0.2) is 22.3 Å². The standard InChI is InChI=1S/C18H24O/c1-9(2)11-13-12(10(3)4)15-14(11)17(19)16(13)18(15)7-5-6-8-18/h13-16H,5-8H2,1-4H3/t13-,14+,15-,16+/m0/s1. The second-order valence-corrected chi connectivity index (χ2v) is 7.66. The highest BCUT2D eigenvalue weighted by atomic mass is 16.1. The average molecular weight is 256 g/mol. The van der Waals surface area contributed by atoms with Gasteiger partial charge < -0.3 is 0 Å². The Morgan fingerprint density at radius 3 is 2.00 bits per heavy atom. The predicted octanol–water partition coefficient (Wildman–Crippen LogP) is 4.29. The molecule has 0 aromatic heterocycles. The molecule has 0 amide bonds. The highest BCUT2D eigenvalue weighted by molar-refractivity contribution is 5.98. The van der Waals surface area contributed by atoms with E-state index in [1.165, 1.54) is 42.4 Å². The minimum Gasteiger partial charge on any atom is -0.299 e. The number of rotatable bonds is 0. The molecule has 5 fully saturated rings. The molecule has 102 valence electrons. The fourth-order valence-corrected chi connectivity index (χ4v) is 6.30. The molecule has 5 aliphatic carbocycles. The SMILES string of the molecule is CC(C)=C1[C@H]2C(=O)[C@H]3[C@@H]1C(=C(C)C)[C@@H]2C31CCCC1. The zero-order valence-electron chi connectivity index (χ0n) is 12.5. The molecule has 1 heteroatoms. The summed E-state index contributed by atoms with van der Waals surface area (Å²) in [4.78, 5) is 12.8. The Morgan fingerprint density at radius 2 is 1.47 bits per heavy atom. The fraction of sp³-hybridized carbons (Fsp3) is 0.722. The van der Waals surface area contributed by atoms with Crippen molar-refractivity contribution < 1.29 is 4.79 Å². The third kappa shape index (κ3) is 1.09. The van der Waals surface area contributed by atoms with E-state index in [0.29, 0.717) is 29.0 Å². The largest absolute Gasteiger partial charge is 0.299 e. The van der Waals surface area contributed by atoms with Gasteiger partial charge in [0.2, 0.25) is 0 Å². The van der Waals surface area contributed by atoms with Crippen molar-refractivity contribution in [1.29, 1.82) is 0 Å². The lowest BCUT2D eigenvalue weighted by Crippen LogP contribution is -2.28. The molecule has 0 heterocycles. The minimum absolute atomic E-state index is 0.281. The molecule has 19 heavy (non-hydrogen) atoms. The zero-order valence-corrected chi connectivity index (χ0v) is 12.5. The lowest BCUT2D eigenvalue weighted by atomic mass is 9.69. The smallest absolute Gasteiger partial charge is 0.145 e. The maximum absolute atomic E-state index is 12.8. The van der Waals surface area contributed by atoms with Crippen LogP contribution in [0.2, 0.25) is 0 Å². The van der Waals surface area contributed by atoms with Gasteiger partial charge in [-0.1, -0.05) is 35.1 Å². The molecule has 4 atom stereocenters. The van der Waals surface area contributed by atoms with Gasteiger partial charge in [-0.3, -0.25) is 4.79 Å². The van der Waals surface area contributed by atoms with Gasteiger partial charge in [0.1, 0.15) is 5.78 Å². The van der Waals surface area contributed by atoms with E-state index in [2.05, 4.69) is 27.7 Å². The molecule has 0 radical (unpaired) electrons. The van der Waals surface area contributed by atoms with Gasteiger partial charge in [-0.25, -0.2) is 0 Å². The highest BCUT2D eigenvalue weighted by Gasteiger charge is 2.76. The summed E-state index contributed by atoms with van der Waals surface area (Å²) >= 11 is 0. The van der Waals surface area contributed by atoms with Crippen molar-refractivity contribution in [2.24, 2.45) is 29.1 Å². The van der Waals surface area contributed by atoms with Crippen molar-refractivity contribution in [3.05, 3.63) is 22.3 Å². The lowest BCUT2D eigenvalue weighted by Gasteiger charge is -2.33. The third-order valence-corrected chi connectivity index (χ3v) is 6.55. The first-order valence-electron chi connectivity index (χ1n) is 7.89. The van der Waals surface area contributed by atoms with E-state index < -0.39 is 0 Å². The van der Waals surface area contributed by atoms with Crippen LogP contribution in [-0.2, 0) is 4.79 Å². The molecule has 5 saturated carbocycles. The van der Waals surface area contributed by atoms with Crippen molar-refractivity contribution in [2.45, 2.75) is 53.4 Å². The van der Waals surface area contributed by atoms with Crippen LogP contribution in [-0.4, -0.2) is 5.78 Å². The van der Waals surface area contributed by atoms with E-state index in [-0.39, 0.29) is 5.92 Å². The molecule has 0 aromatic rings. The van der Waals surface area contributed by atoms with Gasteiger partial charge in [0.25, 0.3) is 0 Å². The van der Waals surface area contributed by atoms with E-state index in [1.54, 1.807) is 5.57 Å². The van der Waals surface area contributed by atoms with Gasteiger partial charge in [0.05, 0.1) is 0 Å². The molecule has 0 aromatic carbocycles. The number of ketones is 1. The molecule has 0 saturated heterocycles. The van der Waals surface area contributed by atoms with Crippen molar-refractivity contribution in [3.8, 4) is 0 Å². The number of hydrogen-bond acceptors (Lipinski definition) is 1. The maximum atomic E-state index is 12.8. The quantitative estimate of drug-likeness (QED) is 0.591. The van der Waals surface area contributed by atoms with Crippen LogP contribution in [0, 0.1) is 29.1 Å². The number of carbonyl (C=O) groups is 1. The fourth-order valence-electron chi connectivity index (χ4n) is 6.30.